The minimum atomic E-state index is 0.449. The lowest BCUT2D eigenvalue weighted by Gasteiger charge is -2.16. The van der Waals surface area contributed by atoms with Crippen LogP contribution in [0.4, 0.5) is 5.69 Å². The molecule has 0 aliphatic heterocycles. The van der Waals surface area contributed by atoms with Crippen molar-refractivity contribution in [1.29, 1.82) is 0 Å². The summed E-state index contributed by atoms with van der Waals surface area (Å²) in [7, 11) is 0. The number of halogens is 2. The van der Waals surface area contributed by atoms with Crippen molar-refractivity contribution < 1.29 is 0 Å². The minimum Gasteiger partial charge on any atom is -0.381 e. The standard InChI is InChI=1S/C13H19Cl2N/c1-3-4-5-6-10(2)16-13-8-7-11(14)9-12(13)15/h7-10,16H,3-6H2,1-2H3. The van der Waals surface area contributed by atoms with E-state index in [1.54, 1.807) is 6.07 Å². The fraction of sp³-hybridized carbons (Fsp3) is 0.538. The Hall–Kier alpha value is -0.400. The highest BCUT2D eigenvalue weighted by atomic mass is 35.5. The highest BCUT2D eigenvalue weighted by Gasteiger charge is 2.05. The molecule has 0 spiro atoms. The van der Waals surface area contributed by atoms with Gasteiger partial charge in [-0.1, -0.05) is 49.4 Å². The zero-order valence-corrected chi connectivity index (χ0v) is 11.4. The van der Waals surface area contributed by atoms with Crippen molar-refractivity contribution >= 4 is 28.9 Å². The predicted octanol–water partition coefficient (Wildman–Crippen LogP) is 5.37. The van der Waals surface area contributed by atoms with Gasteiger partial charge < -0.3 is 5.32 Å². The maximum absolute atomic E-state index is 6.09. The molecule has 0 fully saturated rings. The highest BCUT2D eigenvalue weighted by Crippen LogP contribution is 2.26. The molecule has 0 bridgehead atoms. The quantitative estimate of drug-likeness (QED) is 0.677. The first-order valence-electron chi connectivity index (χ1n) is 5.85. The monoisotopic (exact) mass is 259 g/mol. The SMILES string of the molecule is CCCCCC(C)Nc1ccc(Cl)cc1Cl. The number of unbranched alkanes of at least 4 members (excludes halogenated alkanes) is 2. The van der Waals surface area contributed by atoms with Gasteiger partial charge in [-0.15, -0.1) is 0 Å². The second kappa shape index (κ2) is 7.03. The van der Waals surface area contributed by atoms with E-state index in [9.17, 15) is 0 Å². The topological polar surface area (TPSA) is 12.0 Å². The van der Waals surface area contributed by atoms with Gasteiger partial charge in [-0.2, -0.15) is 0 Å². The van der Waals surface area contributed by atoms with Crippen LogP contribution >= 0.6 is 23.2 Å². The lowest BCUT2D eigenvalue weighted by Crippen LogP contribution is -2.15. The first-order valence-corrected chi connectivity index (χ1v) is 6.60. The number of nitrogens with one attached hydrogen (secondary N) is 1. The minimum absolute atomic E-state index is 0.449. The number of anilines is 1. The number of benzene rings is 1. The Balaban J connectivity index is 2.46. The van der Waals surface area contributed by atoms with E-state index in [-0.39, 0.29) is 0 Å². The average Bonchev–Trinajstić information content (AvgIpc) is 2.23. The van der Waals surface area contributed by atoms with E-state index in [2.05, 4.69) is 19.2 Å². The van der Waals surface area contributed by atoms with Crippen LogP contribution < -0.4 is 5.32 Å². The summed E-state index contributed by atoms with van der Waals surface area (Å²) < 4.78 is 0. The third kappa shape index (κ3) is 4.63. The van der Waals surface area contributed by atoms with Crippen molar-refractivity contribution in [3.63, 3.8) is 0 Å². The first kappa shape index (κ1) is 13.7. The molecule has 1 nitrogen and oxygen atoms in total. The van der Waals surface area contributed by atoms with Crippen LogP contribution in [-0.2, 0) is 0 Å². The molecule has 1 N–H and O–H groups in total. The smallest absolute Gasteiger partial charge is 0.0652 e. The van der Waals surface area contributed by atoms with Crippen LogP contribution in [0.5, 0.6) is 0 Å². The van der Waals surface area contributed by atoms with E-state index >= 15 is 0 Å². The van der Waals surface area contributed by atoms with E-state index in [1.165, 1.54) is 25.7 Å². The highest BCUT2D eigenvalue weighted by molar-refractivity contribution is 6.36. The summed E-state index contributed by atoms with van der Waals surface area (Å²) in [4.78, 5) is 0. The fourth-order valence-corrected chi connectivity index (χ4v) is 2.11. The molecule has 1 rings (SSSR count). The Kier molecular flexibility index (Phi) is 6.00. The van der Waals surface area contributed by atoms with Crippen molar-refractivity contribution in [2.24, 2.45) is 0 Å². The number of hydrogen-bond acceptors (Lipinski definition) is 1. The van der Waals surface area contributed by atoms with Crippen molar-refractivity contribution in [3.8, 4) is 0 Å². The van der Waals surface area contributed by atoms with E-state index in [1.807, 2.05) is 12.1 Å². The molecule has 0 aliphatic rings. The second-order valence-electron chi connectivity index (χ2n) is 4.17. The van der Waals surface area contributed by atoms with Crippen LogP contribution in [0.3, 0.4) is 0 Å². The zero-order valence-electron chi connectivity index (χ0n) is 9.89. The molecule has 90 valence electrons. The van der Waals surface area contributed by atoms with E-state index in [4.69, 9.17) is 23.2 Å². The van der Waals surface area contributed by atoms with E-state index in [0.717, 1.165) is 5.69 Å². The Morgan fingerprint density at radius 1 is 1.25 bits per heavy atom. The van der Waals surface area contributed by atoms with Gasteiger partial charge in [0, 0.05) is 11.1 Å². The molecule has 16 heavy (non-hydrogen) atoms. The Morgan fingerprint density at radius 3 is 2.62 bits per heavy atom. The molecular weight excluding hydrogens is 241 g/mol. The van der Waals surface area contributed by atoms with Gasteiger partial charge >= 0.3 is 0 Å². The van der Waals surface area contributed by atoms with Crippen LogP contribution in [0.25, 0.3) is 0 Å². The molecule has 1 unspecified atom stereocenters. The van der Waals surface area contributed by atoms with Crippen LogP contribution in [-0.4, -0.2) is 6.04 Å². The third-order valence-electron chi connectivity index (χ3n) is 2.57. The number of hydrogen-bond donors (Lipinski definition) is 1. The van der Waals surface area contributed by atoms with Crippen LogP contribution in [0.2, 0.25) is 10.0 Å². The Labute approximate surface area is 108 Å². The molecule has 0 radical (unpaired) electrons. The van der Waals surface area contributed by atoms with Crippen LogP contribution in [0.15, 0.2) is 18.2 Å². The van der Waals surface area contributed by atoms with Crippen LogP contribution in [0, 0.1) is 0 Å². The molecule has 0 heterocycles. The summed E-state index contributed by atoms with van der Waals surface area (Å²) in [6, 6.07) is 6.00. The lowest BCUT2D eigenvalue weighted by atomic mass is 10.1. The second-order valence-corrected chi connectivity index (χ2v) is 5.01. The van der Waals surface area contributed by atoms with Gasteiger partial charge in [0.1, 0.15) is 0 Å². The third-order valence-corrected chi connectivity index (χ3v) is 3.12. The maximum Gasteiger partial charge on any atom is 0.0652 e. The molecule has 0 aliphatic carbocycles. The van der Waals surface area contributed by atoms with E-state index < -0.39 is 0 Å². The van der Waals surface area contributed by atoms with Gasteiger partial charge in [0.2, 0.25) is 0 Å². The van der Waals surface area contributed by atoms with Gasteiger partial charge in [-0.25, -0.2) is 0 Å². The molecule has 0 aromatic heterocycles. The summed E-state index contributed by atoms with van der Waals surface area (Å²) in [6.07, 6.45) is 4.98. The van der Waals surface area contributed by atoms with Crippen molar-refractivity contribution in [1.82, 2.24) is 0 Å². The van der Waals surface area contributed by atoms with Gasteiger partial charge in [-0.3, -0.25) is 0 Å². The Morgan fingerprint density at radius 2 is 2.00 bits per heavy atom. The summed E-state index contributed by atoms with van der Waals surface area (Å²) in [5.74, 6) is 0. The molecule has 0 amide bonds. The van der Waals surface area contributed by atoms with Gasteiger partial charge in [0.25, 0.3) is 0 Å². The van der Waals surface area contributed by atoms with Crippen molar-refractivity contribution in [2.75, 3.05) is 5.32 Å². The molecule has 1 atom stereocenters. The zero-order chi connectivity index (χ0) is 12.0. The first-order chi connectivity index (χ1) is 7.63. The van der Waals surface area contributed by atoms with Gasteiger partial charge in [0.05, 0.1) is 10.7 Å². The van der Waals surface area contributed by atoms with Crippen molar-refractivity contribution in [2.45, 2.75) is 45.6 Å². The molecule has 0 saturated heterocycles. The van der Waals surface area contributed by atoms with Gasteiger partial charge in [0.15, 0.2) is 0 Å². The molecule has 3 heteroatoms. The lowest BCUT2D eigenvalue weighted by molar-refractivity contribution is 0.615. The summed E-state index contributed by atoms with van der Waals surface area (Å²) in [5.41, 5.74) is 0.968. The summed E-state index contributed by atoms with van der Waals surface area (Å²) in [5, 5.41) is 4.77. The normalized spacial score (nSPS) is 12.5. The predicted molar refractivity (Wildman–Crippen MR) is 73.7 cm³/mol. The number of rotatable bonds is 6. The fourth-order valence-electron chi connectivity index (χ4n) is 1.64. The van der Waals surface area contributed by atoms with Crippen LogP contribution in [0.1, 0.15) is 39.5 Å². The Bertz CT molecular complexity index is 326. The summed E-state index contributed by atoms with van der Waals surface area (Å²) >= 11 is 11.9. The van der Waals surface area contributed by atoms with Crippen molar-refractivity contribution in [3.05, 3.63) is 28.2 Å². The molecule has 1 aromatic carbocycles. The molecule has 1 aromatic rings. The van der Waals surface area contributed by atoms with Gasteiger partial charge in [-0.05, 0) is 31.5 Å². The average molecular weight is 260 g/mol. The maximum atomic E-state index is 6.09. The molecular formula is C13H19Cl2N. The molecule has 0 saturated carbocycles. The largest absolute Gasteiger partial charge is 0.381 e. The van der Waals surface area contributed by atoms with E-state index in [0.29, 0.717) is 16.1 Å². The summed E-state index contributed by atoms with van der Waals surface area (Å²) in [6.45, 7) is 4.40.